The first kappa shape index (κ1) is 14.3. The van der Waals surface area contributed by atoms with Crippen molar-refractivity contribution in [2.45, 2.75) is 18.4 Å². The van der Waals surface area contributed by atoms with Gasteiger partial charge in [0.05, 0.1) is 6.04 Å². The van der Waals surface area contributed by atoms with Crippen LogP contribution in [0.15, 0.2) is 54.6 Å². The highest BCUT2D eigenvalue weighted by molar-refractivity contribution is 6.30. The van der Waals surface area contributed by atoms with Gasteiger partial charge in [-0.25, -0.2) is 0 Å². The van der Waals surface area contributed by atoms with Gasteiger partial charge in [0.1, 0.15) is 0 Å². The van der Waals surface area contributed by atoms with Gasteiger partial charge in [-0.1, -0.05) is 35.9 Å². The summed E-state index contributed by atoms with van der Waals surface area (Å²) in [6.45, 7) is 0. The molecular formula is C19H17ClN2O. The molecule has 116 valence electrons. The normalized spacial score (nSPS) is 24.7. The molecule has 2 aromatic carbocycles. The molecule has 3 unspecified atom stereocenters. The Morgan fingerprint density at radius 3 is 2.70 bits per heavy atom. The summed E-state index contributed by atoms with van der Waals surface area (Å²) in [5, 5.41) is 4.38. The number of fused-ring (bicyclic) bond motifs is 3. The summed E-state index contributed by atoms with van der Waals surface area (Å²) < 4.78 is 0. The smallest absolute Gasteiger partial charge is 0.248 e. The van der Waals surface area contributed by atoms with Crippen molar-refractivity contribution in [2.24, 2.45) is 11.7 Å². The maximum atomic E-state index is 11.5. The molecule has 1 heterocycles. The highest BCUT2D eigenvalue weighted by Gasteiger charge is 2.37. The molecule has 1 aliphatic heterocycles. The minimum atomic E-state index is -0.383. The molecule has 0 bridgehead atoms. The molecule has 4 rings (SSSR count). The molecule has 0 spiro atoms. The number of hydrogen-bond donors (Lipinski definition) is 2. The van der Waals surface area contributed by atoms with E-state index < -0.39 is 0 Å². The van der Waals surface area contributed by atoms with Crippen molar-refractivity contribution in [3.63, 3.8) is 0 Å². The third-order valence-corrected chi connectivity index (χ3v) is 5.13. The third-order valence-electron chi connectivity index (χ3n) is 4.88. The van der Waals surface area contributed by atoms with Crippen molar-refractivity contribution >= 4 is 23.2 Å². The van der Waals surface area contributed by atoms with Gasteiger partial charge in [-0.15, -0.1) is 0 Å². The number of nitrogens with one attached hydrogen (secondary N) is 1. The second kappa shape index (κ2) is 5.43. The van der Waals surface area contributed by atoms with Crippen LogP contribution in [0.1, 0.15) is 39.9 Å². The average Bonchev–Trinajstić information content (AvgIpc) is 3.04. The van der Waals surface area contributed by atoms with Crippen LogP contribution >= 0.6 is 11.6 Å². The highest BCUT2D eigenvalue weighted by Crippen LogP contribution is 2.49. The number of nitrogens with two attached hydrogens (primary N) is 1. The molecule has 0 fully saturated rings. The Balaban J connectivity index is 1.77. The lowest BCUT2D eigenvalue weighted by Crippen LogP contribution is -2.29. The van der Waals surface area contributed by atoms with E-state index in [1.54, 1.807) is 6.07 Å². The van der Waals surface area contributed by atoms with Crippen molar-refractivity contribution in [3.05, 3.63) is 76.3 Å². The highest BCUT2D eigenvalue weighted by atomic mass is 35.5. The zero-order valence-electron chi connectivity index (χ0n) is 12.5. The zero-order chi connectivity index (χ0) is 16.0. The molecule has 0 saturated carbocycles. The standard InChI is InChI=1S/C19H17ClN2O/c20-13-7-4-11(5-8-13)18-15-3-1-2-14(15)16-10-12(19(21)23)6-9-17(16)22-18/h1-2,4-10,14-15,18,22H,3H2,(H2,21,23). The van der Waals surface area contributed by atoms with Gasteiger partial charge in [0.25, 0.3) is 0 Å². The van der Waals surface area contributed by atoms with Gasteiger partial charge in [0.2, 0.25) is 5.91 Å². The number of amides is 1. The number of carbonyl (C=O) groups excluding carboxylic acids is 1. The lowest BCUT2D eigenvalue weighted by atomic mass is 9.76. The number of carbonyl (C=O) groups is 1. The number of halogens is 1. The van der Waals surface area contributed by atoms with E-state index in [2.05, 4.69) is 29.6 Å². The van der Waals surface area contributed by atoms with E-state index in [1.807, 2.05) is 24.3 Å². The van der Waals surface area contributed by atoms with Crippen LogP contribution in [0, 0.1) is 5.92 Å². The van der Waals surface area contributed by atoms with E-state index in [9.17, 15) is 4.79 Å². The fraction of sp³-hybridized carbons (Fsp3) is 0.211. The van der Waals surface area contributed by atoms with Gasteiger partial charge >= 0.3 is 0 Å². The van der Waals surface area contributed by atoms with E-state index in [-0.39, 0.29) is 11.9 Å². The molecule has 2 aliphatic rings. The fourth-order valence-corrected chi connectivity index (χ4v) is 3.87. The number of allylic oxidation sites excluding steroid dienone is 2. The van der Waals surface area contributed by atoms with Gasteiger partial charge in [-0.2, -0.15) is 0 Å². The summed E-state index contributed by atoms with van der Waals surface area (Å²) in [6.07, 6.45) is 5.50. The van der Waals surface area contributed by atoms with Gasteiger partial charge in [0, 0.05) is 22.2 Å². The van der Waals surface area contributed by atoms with Crippen LogP contribution in [0.3, 0.4) is 0 Å². The van der Waals surface area contributed by atoms with Crippen LogP contribution in [-0.4, -0.2) is 5.91 Å². The van der Waals surface area contributed by atoms with E-state index in [0.29, 0.717) is 17.4 Å². The van der Waals surface area contributed by atoms with E-state index in [0.717, 1.165) is 22.7 Å². The van der Waals surface area contributed by atoms with Gasteiger partial charge in [-0.3, -0.25) is 4.79 Å². The molecule has 1 aliphatic carbocycles. The molecular weight excluding hydrogens is 308 g/mol. The summed E-state index contributed by atoms with van der Waals surface area (Å²) in [5.74, 6) is 0.365. The largest absolute Gasteiger partial charge is 0.378 e. The molecule has 1 amide bonds. The van der Waals surface area contributed by atoms with Crippen molar-refractivity contribution in [1.82, 2.24) is 0 Å². The van der Waals surface area contributed by atoms with Crippen LogP contribution in [-0.2, 0) is 0 Å². The lowest BCUT2D eigenvalue weighted by molar-refractivity contribution is 0.1000. The summed E-state index contributed by atoms with van der Waals surface area (Å²) >= 11 is 6.01. The van der Waals surface area contributed by atoms with Crippen LogP contribution < -0.4 is 11.1 Å². The van der Waals surface area contributed by atoms with Gasteiger partial charge in [-0.05, 0) is 53.8 Å². The second-order valence-corrected chi connectivity index (χ2v) is 6.63. The molecule has 3 atom stereocenters. The lowest BCUT2D eigenvalue weighted by Gasteiger charge is -2.37. The fourth-order valence-electron chi connectivity index (χ4n) is 3.75. The Kier molecular flexibility index (Phi) is 3.38. The molecule has 3 nitrogen and oxygen atoms in total. The Hall–Kier alpha value is -2.26. The summed E-state index contributed by atoms with van der Waals surface area (Å²) in [5.41, 5.74) is 9.45. The van der Waals surface area contributed by atoms with Crippen LogP contribution in [0.2, 0.25) is 5.02 Å². The predicted octanol–water partition coefficient (Wildman–Crippen LogP) is 4.27. The van der Waals surface area contributed by atoms with Gasteiger partial charge in [0.15, 0.2) is 0 Å². The van der Waals surface area contributed by atoms with E-state index in [1.165, 1.54) is 5.56 Å². The molecule has 0 radical (unpaired) electrons. The number of anilines is 1. The predicted molar refractivity (Wildman–Crippen MR) is 92.8 cm³/mol. The topological polar surface area (TPSA) is 55.1 Å². The Bertz CT molecular complexity index is 798. The summed E-state index contributed by atoms with van der Waals surface area (Å²) in [7, 11) is 0. The minimum Gasteiger partial charge on any atom is -0.378 e. The number of primary amides is 1. The molecule has 23 heavy (non-hydrogen) atoms. The first-order valence-corrected chi connectivity index (χ1v) is 8.14. The first-order valence-electron chi connectivity index (χ1n) is 7.76. The summed E-state index contributed by atoms with van der Waals surface area (Å²) in [6, 6.07) is 13.9. The Labute approximate surface area is 140 Å². The third kappa shape index (κ3) is 2.41. The van der Waals surface area contributed by atoms with E-state index in [4.69, 9.17) is 17.3 Å². The molecule has 3 N–H and O–H groups in total. The second-order valence-electron chi connectivity index (χ2n) is 6.19. The van der Waals surface area contributed by atoms with Crippen LogP contribution in [0.25, 0.3) is 0 Å². The number of benzene rings is 2. The van der Waals surface area contributed by atoms with Gasteiger partial charge < -0.3 is 11.1 Å². The maximum Gasteiger partial charge on any atom is 0.248 e. The number of hydrogen-bond acceptors (Lipinski definition) is 2. The molecule has 0 aromatic heterocycles. The Morgan fingerprint density at radius 1 is 1.17 bits per heavy atom. The van der Waals surface area contributed by atoms with Crippen LogP contribution in [0.4, 0.5) is 5.69 Å². The molecule has 2 aromatic rings. The monoisotopic (exact) mass is 324 g/mol. The maximum absolute atomic E-state index is 11.5. The van der Waals surface area contributed by atoms with Crippen molar-refractivity contribution < 1.29 is 4.79 Å². The molecule has 0 saturated heterocycles. The quantitative estimate of drug-likeness (QED) is 0.811. The number of rotatable bonds is 2. The zero-order valence-corrected chi connectivity index (χ0v) is 13.3. The summed E-state index contributed by atoms with van der Waals surface area (Å²) in [4.78, 5) is 11.5. The van der Waals surface area contributed by atoms with E-state index >= 15 is 0 Å². The van der Waals surface area contributed by atoms with Crippen LogP contribution in [0.5, 0.6) is 0 Å². The molecule has 4 heteroatoms. The van der Waals surface area contributed by atoms with Crippen molar-refractivity contribution in [2.75, 3.05) is 5.32 Å². The van der Waals surface area contributed by atoms with Crippen molar-refractivity contribution in [1.29, 1.82) is 0 Å². The average molecular weight is 325 g/mol. The first-order chi connectivity index (χ1) is 11.1. The minimum absolute atomic E-state index is 0.235. The SMILES string of the molecule is NC(=O)c1ccc2c(c1)C1C=CCC1C(c1ccc(Cl)cc1)N2. The Morgan fingerprint density at radius 2 is 1.96 bits per heavy atom. The van der Waals surface area contributed by atoms with Crippen molar-refractivity contribution in [3.8, 4) is 0 Å².